The van der Waals surface area contributed by atoms with Crippen molar-refractivity contribution in [3.8, 4) is 5.75 Å². The van der Waals surface area contributed by atoms with Crippen LogP contribution in [0, 0.1) is 0 Å². The highest BCUT2D eigenvalue weighted by atomic mass is 35.5. The first kappa shape index (κ1) is 18.9. The van der Waals surface area contributed by atoms with Crippen LogP contribution in [-0.4, -0.2) is 29.3 Å². The number of halogens is 1. The minimum absolute atomic E-state index is 0.0233. The van der Waals surface area contributed by atoms with E-state index in [9.17, 15) is 14.4 Å². The number of hydrazine groups is 1. The zero-order valence-corrected chi connectivity index (χ0v) is 16.3. The molecule has 2 aromatic carbocycles. The van der Waals surface area contributed by atoms with Crippen LogP contribution < -0.4 is 20.9 Å². The summed E-state index contributed by atoms with van der Waals surface area (Å²) < 4.78 is 6.34. The van der Waals surface area contributed by atoms with Crippen molar-refractivity contribution in [2.75, 3.05) is 11.9 Å². The van der Waals surface area contributed by atoms with Crippen molar-refractivity contribution in [1.82, 2.24) is 15.8 Å². The number of aromatic nitrogens is 1. The number of benzene rings is 2. The number of nitrogens with zero attached hydrogens (tertiary/aromatic N) is 1. The Balaban J connectivity index is 1.34. The number of rotatable bonds is 5. The summed E-state index contributed by atoms with van der Waals surface area (Å²) in [6, 6.07) is 12.0. The molecule has 3 N–H and O–H groups in total. The first-order chi connectivity index (χ1) is 14.0. The van der Waals surface area contributed by atoms with E-state index in [2.05, 4.69) is 21.2 Å². The van der Waals surface area contributed by atoms with Crippen molar-refractivity contribution >= 4 is 62.1 Å². The van der Waals surface area contributed by atoms with Gasteiger partial charge in [-0.1, -0.05) is 35.1 Å². The van der Waals surface area contributed by atoms with Crippen LogP contribution in [0.15, 0.2) is 48.0 Å². The summed E-state index contributed by atoms with van der Waals surface area (Å²) in [4.78, 5) is 39.5. The molecule has 0 bridgehead atoms. The Morgan fingerprint density at radius 3 is 2.59 bits per heavy atom. The number of amides is 3. The molecule has 1 saturated heterocycles. The highest BCUT2D eigenvalue weighted by Crippen LogP contribution is 2.28. The Labute approximate surface area is 173 Å². The van der Waals surface area contributed by atoms with Gasteiger partial charge in [0.1, 0.15) is 11.3 Å². The van der Waals surface area contributed by atoms with E-state index in [1.54, 1.807) is 42.5 Å². The third-order valence-corrected chi connectivity index (χ3v) is 5.11. The average Bonchev–Trinajstić information content (AvgIpc) is 3.24. The second kappa shape index (κ2) is 7.90. The predicted octanol–water partition coefficient (Wildman–Crippen LogP) is 2.51. The number of nitrogens with one attached hydrogen (secondary N) is 3. The van der Waals surface area contributed by atoms with Crippen LogP contribution in [0.2, 0.25) is 5.02 Å². The maximum absolute atomic E-state index is 12.1. The molecule has 1 aliphatic heterocycles. The number of hydrogen-bond acceptors (Lipinski definition) is 6. The number of carbonyl (C=O) groups excluding carboxylic acids is 3. The molecule has 0 aliphatic carbocycles. The first-order valence-corrected chi connectivity index (χ1v) is 9.58. The molecule has 0 spiro atoms. The van der Waals surface area contributed by atoms with Crippen LogP contribution in [-0.2, 0) is 14.4 Å². The van der Waals surface area contributed by atoms with Crippen LogP contribution in [0.25, 0.3) is 16.3 Å². The van der Waals surface area contributed by atoms with Crippen molar-refractivity contribution in [1.29, 1.82) is 0 Å². The van der Waals surface area contributed by atoms with Gasteiger partial charge < -0.3 is 4.74 Å². The van der Waals surface area contributed by atoms with Crippen LogP contribution in [0.1, 0.15) is 5.56 Å². The normalized spacial score (nSPS) is 13.2. The number of thiazole rings is 1. The maximum atomic E-state index is 12.1. The van der Waals surface area contributed by atoms with Crippen LogP contribution >= 0.6 is 22.9 Å². The van der Waals surface area contributed by atoms with E-state index in [1.807, 2.05) is 0 Å². The monoisotopic (exact) mass is 428 g/mol. The van der Waals surface area contributed by atoms with Crippen molar-refractivity contribution in [2.45, 2.75) is 0 Å². The Morgan fingerprint density at radius 2 is 1.86 bits per heavy atom. The van der Waals surface area contributed by atoms with Gasteiger partial charge in [-0.05, 0) is 42.0 Å². The quantitative estimate of drug-likeness (QED) is 0.427. The van der Waals surface area contributed by atoms with E-state index in [1.165, 1.54) is 17.4 Å². The van der Waals surface area contributed by atoms with E-state index < -0.39 is 11.8 Å². The molecule has 146 valence electrons. The maximum Gasteiger partial charge on any atom is 0.275 e. The lowest BCUT2D eigenvalue weighted by molar-refractivity contribution is -0.118. The number of hydrogen-bond donors (Lipinski definition) is 3. The Kier molecular flexibility index (Phi) is 5.15. The third-order valence-electron chi connectivity index (χ3n) is 3.94. The van der Waals surface area contributed by atoms with Gasteiger partial charge in [0.2, 0.25) is 0 Å². The summed E-state index contributed by atoms with van der Waals surface area (Å²) >= 11 is 7.28. The van der Waals surface area contributed by atoms with E-state index in [-0.39, 0.29) is 18.1 Å². The minimum Gasteiger partial charge on any atom is -0.484 e. The molecule has 4 rings (SSSR count). The molecule has 0 radical (unpaired) electrons. The summed E-state index contributed by atoms with van der Waals surface area (Å²) in [7, 11) is 0. The second-order valence-corrected chi connectivity index (χ2v) is 7.47. The Bertz CT molecular complexity index is 1140. The molecular formula is C19H13ClN4O4S. The number of fused-ring (bicyclic) bond motifs is 1. The smallest absolute Gasteiger partial charge is 0.275 e. The van der Waals surface area contributed by atoms with Crippen molar-refractivity contribution in [3.63, 3.8) is 0 Å². The number of carbonyl (C=O) groups is 3. The van der Waals surface area contributed by atoms with E-state index in [0.717, 1.165) is 10.2 Å². The summed E-state index contributed by atoms with van der Waals surface area (Å²) in [6.07, 6.45) is 1.47. The molecule has 10 heteroatoms. The van der Waals surface area contributed by atoms with Crippen LogP contribution in [0.3, 0.4) is 0 Å². The highest BCUT2D eigenvalue weighted by molar-refractivity contribution is 7.22. The van der Waals surface area contributed by atoms with E-state index in [0.29, 0.717) is 21.5 Å². The third kappa shape index (κ3) is 4.36. The lowest BCUT2D eigenvalue weighted by Gasteiger charge is -2.06. The predicted molar refractivity (Wildman–Crippen MR) is 109 cm³/mol. The molecule has 0 unspecified atom stereocenters. The molecule has 3 aromatic rings. The van der Waals surface area contributed by atoms with Crippen molar-refractivity contribution in [2.24, 2.45) is 0 Å². The van der Waals surface area contributed by atoms with Gasteiger partial charge in [0.15, 0.2) is 11.7 Å². The fourth-order valence-corrected chi connectivity index (χ4v) is 3.72. The summed E-state index contributed by atoms with van der Waals surface area (Å²) in [5.41, 5.74) is 5.88. The molecule has 3 amide bonds. The SMILES string of the molecule is O=C(COc1ccc(C=C2C(=O)NNC2=O)cc1)Nc1nc2ccc(Cl)cc2s1. The molecule has 8 nitrogen and oxygen atoms in total. The molecule has 1 aliphatic rings. The van der Waals surface area contributed by atoms with Gasteiger partial charge in [-0.3, -0.25) is 30.6 Å². The Hall–Kier alpha value is -3.43. The molecular weight excluding hydrogens is 416 g/mol. The fraction of sp³-hybridized carbons (Fsp3) is 0.0526. The zero-order chi connectivity index (χ0) is 20.4. The fourth-order valence-electron chi connectivity index (χ4n) is 2.57. The van der Waals surface area contributed by atoms with Gasteiger partial charge >= 0.3 is 0 Å². The Morgan fingerprint density at radius 1 is 1.14 bits per heavy atom. The van der Waals surface area contributed by atoms with Gasteiger partial charge in [-0.25, -0.2) is 4.98 Å². The van der Waals surface area contributed by atoms with Crippen molar-refractivity contribution in [3.05, 3.63) is 58.6 Å². The summed E-state index contributed by atoms with van der Waals surface area (Å²) in [5, 5.41) is 3.76. The van der Waals surface area contributed by atoms with Gasteiger partial charge in [0.05, 0.1) is 10.2 Å². The highest BCUT2D eigenvalue weighted by Gasteiger charge is 2.24. The minimum atomic E-state index is -0.482. The van der Waals surface area contributed by atoms with Crippen molar-refractivity contribution < 1.29 is 19.1 Å². The molecule has 0 saturated carbocycles. The van der Waals surface area contributed by atoms with E-state index >= 15 is 0 Å². The van der Waals surface area contributed by atoms with Gasteiger partial charge in [-0.2, -0.15) is 0 Å². The summed E-state index contributed by atoms with van der Waals surface area (Å²) in [5.74, 6) is -0.840. The van der Waals surface area contributed by atoms with E-state index in [4.69, 9.17) is 16.3 Å². The zero-order valence-electron chi connectivity index (χ0n) is 14.7. The van der Waals surface area contributed by atoms with Gasteiger partial charge in [-0.15, -0.1) is 0 Å². The van der Waals surface area contributed by atoms with Gasteiger partial charge in [0.25, 0.3) is 17.7 Å². The molecule has 1 aromatic heterocycles. The molecule has 29 heavy (non-hydrogen) atoms. The lowest BCUT2D eigenvalue weighted by atomic mass is 10.1. The topological polar surface area (TPSA) is 109 Å². The lowest BCUT2D eigenvalue weighted by Crippen LogP contribution is -2.28. The van der Waals surface area contributed by atoms with Gasteiger partial charge in [0, 0.05) is 5.02 Å². The number of ether oxygens (including phenoxy) is 1. The molecule has 1 fully saturated rings. The van der Waals surface area contributed by atoms with Crippen LogP contribution in [0.4, 0.5) is 5.13 Å². The average molecular weight is 429 g/mol. The molecule has 0 atom stereocenters. The second-order valence-electron chi connectivity index (χ2n) is 6.00. The molecule has 2 heterocycles. The largest absolute Gasteiger partial charge is 0.484 e. The summed E-state index contributed by atoms with van der Waals surface area (Å²) in [6.45, 7) is -0.193. The standard InChI is InChI=1S/C19H13ClN4O4S/c20-11-3-6-14-15(8-11)29-19(21-14)22-16(25)9-28-12-4-1-10(2-5-12)7-13-17(26)23-24-18(13)27/h1-8H,9H2,(H,23,26)(H,24,27)(H,21,22,25). The number of anilines is 1. The first-order valence-electron chi connectivity index (χ1n) is 8.39. The van der Waals surface area contributed by atoms with Crippen LogP contribution in [0.5, 0.6) is 5.75 Å².